The van der Waals surface area contributed by atoms with Gasteiger partial charge >= 0.3 is 0 Å². The molecule has 2 aromatic carbocycles. The minimum atomic E-state index is 0.0468. The third-order valence-corrected chi connectivity index (χ3v) is 5.21. The van der Waals surface area contributed by atoms with Crippen molar-refractivity contribution in [2.24, 2.45) is 0 Å². The molecule has 0 atom stereocenters. The molecule has 1 fully saturated rings. The quantitative estimate of drug-likeness (QED) is 0.761. The lowest BCUT2D eigenvalue weighted by atomic mass is 10.0. The van der Waals surface area contributed by atoms with Gasteiger partial charge in [-0.1, -0.05) is 26.0 Å². The molecule has 0 radical (unpaired) electrons. The first-order valence-electron chi connectivity index (χ1n) is 9.88. The van der Waals surface area contributed by atoms with Gasteiger partial charge in [0.15, 0.2) is 6.61 Å². The number of amides is 1. The highest BCUT2D eigenvalue weighted by atomic mass is 16.5. The number of nitrogens with zero attached hydrogens (tertiary/aromatic N) is 2. The fourth-order valence-corrected chi connectivity index (χ4v) is 3.48. The van der Waals surface area contributed by atoms with Crippen LogP contribution in [0.15, 0.2) is 42.5 Å². The second-order valence-corrected chi connectivity index (χ2v) is 7.55. The minimum absolute atomic E-state index is 0.0468. The first kappa shape index (κ1) is 20.1. The van der Waals surface area contributed by atoms with Crippen molar-refractivity contribution < 1.29 is 14.3 Å². The Balaban J connectivity index is 1.53. The van der Waals surface area contributed by atoms with Gasteiger partial charge in [0, 0.05) is 31.9 Å². The lowest BCUT2D eigenvalue weighted by Crippen LogP contribution is -2.50. The molecule has 5 heteroatoms. The Kier molecular flexibility index (Phi) is 6.45. The van der Waals surface area contributed by atoms with Crippen LogP contribution in [0.3, 0.4) is 0 Å². The summed E-state index contributed by atoms with van der Waals surface area (Å²) in [6.07, 6.45) is 0. The Hall–Kier alpha value is -2.69. The number of benzene rings is 2. The van der Waals surface area contributed by atoms with E-state index < -0.39 is 0 Å². The van der Waals surface area contributed by atoms with Crippen LogP contribution in [-0.2, 0) is 4.79 Å². The minimum Gasteiger partial charge on any atom is -0.497 e. The number of hydrogen-bond donors (Lipinski definition) is 0. The molecule has 0 aliphatic carbocycles. The Labute approximate surface area is 167 Å². The van der Waals surface area contributed by atoms with Crippen molar-refractivity contribution >= 4 is 11.6 Å². The van der Waals surface area contributed by atoms with E-state index in [1.807, 2.05) is 30.0 Å². The summed E-state index contributed by atoms with van der Waals surface area (Å²) in [5.74, 6) is 2.08. The van der Waals surface area contributed by atoms with Gasteiger partial charge in [-0.25, -0.2) is 0 Å². The first-order valence-corrected chi connectivity index (χ1v) is 9.88. The van der Waals surface area contributed by atoms with E-state index in [4.69, 9.17) is 9.47 Å². The number of anilines is 1. The van der Waals surface area contributed by atoms with Gasteiger partial charge in [0.2, 0.25) is 0 Å². The Morgan fingerprint density at radius 1 is 1.04 bits per heavy atom. The molecule has 1 saturated heterocycles. The maximum atomic E-state index is 12.6. The van der Waals surface area contributed by atoms with E-state index in [1.165, 1.54) is 0 Å². The van der Waals surface area contributed by atoms with E-state index in [1.54, 1.807) is 7.11 Å². The fourth-order valence-electron chi connectivity index (χ4n) is 3.48. The molecule has 5 nitrogen and oxygen atoms in total. The maximum absolute atomic E-state index is 12.6. The van der Waals surface area contributed by atoms with Gasteiger partial charge < -0.3 is 19.3 Å². The third kappa shape index (κ3) is 4.77. The number of carbonyl (C=O) groups excluding carboxylic acids is 1. The summed E-state index contributed by atoms with van der Waals surface area (Å²) in [7, 11) is 1.67. The van der Waals surface area contributed by atoms with Gasteiger partial charge in [0.1, 0.15) is 11.5 Å². The molecule has 0 saturated carbocycles. The van der Waals surface area contributed by atoms with Crippen LogP contribution in [0.4, 0.5) is 5.69 Å². The van der Waals surface area contributed by atoms with Crippen molar-refractivity contribution in [1.29, 1.82) is 0 Å². The Bertz CT molecular complexity index is 794. The Morgan fingerprint density at radius 2 is 1.71 bits per heavy atom. The summed E-state index contributed by atoms with van der Waals surface area (Å²) in [6.45, 7) is 9.45. The molecule has 0 aromatic heterocycles. The summed E-state index contributed by atoms with van der Waals surface area (Å²) >= 11 is 0. The van der Waals surface area contributed by atoms with Crippen molar-refractivity contribution in [3.63, 3.8) is 0 Å². The van der Waals surface area contributed by atoms with Crippen LogP contribution >= 0.6 is 0 Å². The number of hydrogen-bond acceptors (Lipinski definition) is 4. The van der Waals surface area contributed by atoms with Crippen LogP contribution in [0, 0.1) is 6.92 Å². The predicted octanol–water partition coefficient (Wildman–Crippen LogP) is 3.85. The summed E-state index contributed by atoms with van der Waals surface area (Å²) in [4.78, 5) is 16.8. The highest BCUT2D eigenvalue weighted by Gasteiger charge is 2.22. The second kappa shape index (κ2) is 9.00. The zero-order valence-corrected chi connectivity index (χ0v) is 17.3. The van der Waals surface area contributed by atoms with Gasteiger partial charge in [0.25, 0.3) is 5.91 Å². The predicted molar refractivity (Wildman–Crippen MR) is 113 cm³/mol. The molecule has 1 amide bonds. The molecule has 0 unspecified atom stereocenters. The van der Waals surface area contributed by atoms with Crippen LogP contribution in [-0.4, -0.2) is 50.7 Å². The zero-order valence-electron chi connectivity index (χ0n) is 17.3. The molecule has 1 aliphatic heterocycles. The standard InChI is InChI=1S/C23H30N2O3/c1-17(2)21-10-5-18(3)15-22(21)28-16-23(26)25-13-11-24(12-14-25)19-6-8-20(27-4)9-7-19/h5-10,15,17H,11-14,16H2,1-4H3. The van der Waals surface area contributed by atoms with Crippen molar-refractivity contribution in [2.45, 2.75) is 26.7 Å². The third-order valence-electron chi connectivity index (χ3n) is 5.21. The lowest BCUT2D eigenvalue weighted by molar-refractivity contribution is -0.133. The van der Waals surface area contributed by atoms with Gasteiger partial charge in [-0.2, -0.15) is 0 Å². The number of rotatable bonds is 6. The van der Waals surface area contributed by atoms with E-state index >= 15 is 0 Å². The summed E-state index contributed by atoms with van der Waals surface area (Å²) in [5.41, 5.74) is 3.44. The van der Waals surface area contributed by atoms with Crippen molar-refractivity contribution in [3.8, 4) is 11.5 Å². The maximum Gasteiger partial charge on any atom is 0.260 e. The van der Waals surface area contributed by atoms with E-state index in [0.717, 1.165) is 41.4 Å². The van der Waals surface area contributed by atoms with E-state index in [9.17, 15) is 4.79 Å². The summed E-state index contributed by atoms with van der Waals surface area (Å²) in [5, 5.41) is 0. The van der Waals surface area contributed by atoms with E-state index in [2.05, 4.69) is 43.0 Å². The zero-order chi connectivity index (χ0) is 20.1. The smallest absolute Gasteiger partial charge is 0.260 e. The van der Waals surface area contributed by atoms with Crippen molar-refractivity contribution in [1.82, 2.24) is 4.90 Å². The molecule has 3 rings (SSSR count). The molecule has 1 heterocycles. The largest absolute Gasteiger partial charge is 0.497 e. The average Bonchev–Trinajstić information content (AvgIpc) is 2.72. The van der Waals surface area contributed by atoms with Gasteiger partial charge in [0.05, 0.1) is 7.11 Å². The SMILES string of the molecule is COc1ccc(N2CCN(C(=O)COc3cc(C)ccc3C(C)C)CC2)cc1. The molecule has 1 aliphatic rings. The number of piperazine rings is 1. The van der Waals surface area contributed by atoms with Crippen LogP contribution < -0.4 is 14.4 Å². The van der Waals surface area contributed by atoms with Crippen molar-refractivity contribution in [2.75, 3.05) is 44.8 Å². The van der Waals surface area contributed by atoms with E-state index in [0.29, 0.717) is 19.0 Å². The monoisotopic (exact) mass is 382 g/mol. The summed E-state index contributed by atoms with van der Waals surface area (Å²) < 4.78 is 11.1. The molecular formula is C23H30N2O3. The van der Waals surface area contributed by atoms with Crippen LogP contribution in [0.5, 0.6) is 11.5 Å². The fraction of sp³-hybridized carbons (Fsp3) is 0.435. The molecule has 28 heavy (non-hydrogen) atoms. The van der Waals surface area contributed by atoms with Crippen LogP contribution in [0.25, 0.3) is 0 Å². The van der Waals surface area contributed by atoms with E-state index in [-0.39, 0.29) is 12.5 Å². The van der Waals surface area contributed by atoms with Gasteiger partial charge in [-0.15, -0.1) is 0 Å². The number of ether oxygens (including phenoxy) is 2. The lowest BCUT2D eigenvalue weighted by Gasteiger charge is -2.36. The highest BCUT2D eigenvalue weighted by Crippen LogP contribution is 2.27. The first-order chi connectivity index (χ1) is 13.5. The second-order valence-electron chi connectivity index (χ2n) is 7.55. The van der Waals surface area contributed by atoms with Crippen LogP contribution in [0.1, 0.15) is 30.9 Å². The average molecular weight is 383 g/mol. The molecule has 150 valence electrons. The molecule has 0 spiro atoms. The molecule has 2 aromatic rings. The molecule has 0 bridgehead atoms. The van der Waals surface area contributed by atoms with Gasteiger partial charge in [-0.3, -0.25) is 4.79 Å². The molecular weight excluding hydrogens is 352 g/mol. The number of methoxy groups -OCH3 is 1. The molecule has 0 N–H and O–H groups in total. The number of carbonyl (C=O) groups is 1. The number of aryl methyl sites for hydroxylation is 1. The van der Waals surface area contributed by atoms with Crippen molar-refractivity contribution in [3.05, 3.63) is 53.6 Å². The van der Waals surface area contributed by atoms with Crippen LogP contribution in [0.2, 0.25) is 0 Å². The summed E-state index contributed by atoms with van der Waals surface area (Å²) in [6, 6.07) is 14.2. The Morgan fingerprint density at radius 3 is 2.32 bits per heavy atom. The normalized spacial score (nSPS) is 14.3. The van der Waals surface area contributed by atoms with Gasteiger partial charge in [-0.05, 0) is 54.3 Å². The highest BCUT2D eigenvalue weighted by molar-refractivity contribution is 5.78. The topological polar surface area (TPSA) is 42.0 Å².